The molecule has 0 aromatic carbocycles. The molecule has 1 rings (SSSR count). The second-order valence-electron chi connectivity index (χ2n) is 5.84. The zero-order valence-corrected chi connectivity index (χ0v) is 16.8. The maximum absolute atomic E-state index is 5.53. The van der Waals surface area contributed by atoms with Crippen LogP contribution in [0.15, 0.2) is 18.3 Å². The monoisotopic (exact) mass is 399 g/mol. The van der Waals surface area contributed by atoms with Gasteiger partial charge in [0.25, 0.3) is 0 Å². The van der Waals surface area contributed by atoms with Crippen LogP contribution in [0.2, 0.25) is 0 Å². The largest absolute Gasteiger partial charge is 0.379 e. The first-order chi connectivity index (χ1) is 13.9. The summed E-state index contributed by atoms with van der Waals surface area (Å²) in [6.07, 6.45) is 6.58. The summed E-state index contributed by atoms with van der Waals surface area (Å²) in [6, 6.07) is 3.95. The molecule has 0 unspecified atom stereocenters. The molecular weight excluding hydrogens is 364 g/mol. The van der Waals surface area contributed by atoms with E-state index in [4.69, 9.17) is 34.2 Å². The van der Waals surface area contributed by atoms with Crippen LogP contribution in [0, 0.1) is 6.20 Å². The zero-order chi connectivity index (χ0) is 20.0. The molecule has 0 amide bonds. The van der Waals surface area contributed by atoms with Gasteiger partial charge in [-0.15, -0.1) is 0 Å². The van der Waals surface area contributed by atoms with Crippen LogP contribution in [-0.2, 0) is 34.8 Å². The predicted molar refractivity (Wildman–Crippen MR) is 105 cm³/mol. The minimum atomic E-state index is 0.536. The lowest BCUT2D eigenvalue weighted by Gasteiger charge is -2.08. The van der Waals surface area contributed by atoms with Crippen LogP contribution in [0.4, 0.5) is 0 Å². The van der Waals surface area contributed by atoms with E-state index in [0.717, 1.165) is 18.4 Å². The van der Waals surface area contributed by atoms with E-state index in [2.05, 4.69) is 11.2 Å². The molecule has 0 spiro atoms. The minimum absolute atomic E-state index is 0.536. The number of pyridine rings is 1. The Bertz CT molecular complexity index is 424. The van der Waals surface area contributed by atoms with Crippen molar-refractivity contribution in [2.75, 3.05) is 85.8 Å². The molecule has 1 aromatic rings. The summed E-state index contributed by atoms with van der Waals surface area (Å²) >= 11 is 0. The Kier molecular flexibility index (Phi) is 18.3. The first-order valence-corrected chi connectivity index (χ1v) is 9.91. The van der Waals surface area contributed by atoms with E-state index in [1.807, 2.05) is 12.1 Å². The average molecular weight is 400 g/mol. The minimum Gasteiger partial charge on any atom is -0.379 e. The molecule has 0 saturated carbocycles. The SMILES string of the molecule is NCCOCCOCCOCCOCCOCCOCCCc1[c]nccc1. The van der Waals surface area contributed by atoms with E-state index < -0.39 is 0 Å². The Morgan fingerprint density at radius 3 is 1.57 bits per heavy atom. The predicted octanol–water partition coefficient (Wildman–Crippen LogP) is 0.873. The van der Waals surface area contributed by atoms with Crippen molar-refractivity contribution in [1.82, 2.24) is 4.98 Å². The van der Waals surface area contributed by atoms with Gasteiger partial charge in [0.05, 0.1) is 78.9 Å². The standard InChI is InChI=1S/C20H35N2O6/c21-5-8-24-10-12-26-14-16-28-18-17-27-15-13-25-11-9-23-7-2-4-20-3-1-6-22-19-20/h1,3,6H,2,4-5,7-18,21H2. The normalized spacial score (nSPS) is 11.2. The van der Waals surface area contributed by atoms with Gasteiger partial charge in [0.15, 0.2) is 0 Å². The van der Waals surface area contributed by atoms with Gasteiger partial charge in [-0.2, -0.15) is 0 Å². The van der Waals surface area contributed by atoms with Gasteiger partial charge in [-0.25, -0.2) is 0 Å². The molecule has 1 radical (unpaired) electrons. The van der Waals surface area contributed by atoms with Crippen molar-refractivity contribution in [2.45, 2.75) is 12.8 Å². The Hall–Kier alpha value is -1.13. The molecule has 28 heavy (non-hydrogen) atoms. The lowest BCUT2D eigenvalue weighted by atomic mass is 10.2. The van der Waals surface area contributed by atoms with E-state index in [-0.39, 0.29) is 0 Å². The first kappa shape index (κ1) is 24.9. The fourth-order valence-electron chi connectivity index (χ4n) is 2.15. The zero-order valence-electron chi connectivity index (χ0n) is 16.8. The molecule has 1 heterocycles. The van der Waals surface area contributed by atoms with Gasteiger partial charge in [0.1, 0.15) is 0 Å². The van der Waals surface area contributed by atoms with Crippen molar-refractivity contribution >= 4 is 0 Å². The van der Waals surface area contributed by atoms with E-state index in [1.54, 1.807) is 6.20 Å². The molecule has 8 heteroatoms. The van der Waals surface area contributed by atoms with E-state index in [1.165, 1.54) is 0 Å². The summed E-state index contributed by atoms with van der Waals surface area (Å²) in [6.45, 7) is 7.41. The van der Waals surface area contributed by atoms with Crippen LogP contribution in [0.5, 0.6) is 0 Å². The highest BCUT2D eigenvalue weighted by Gasteiger charge is 1.95. The number of aromatic nitrogens is 1. The number of rotatable bonds is 21. The van der Waals surface area contributed by atoms with Crippen molar-refractivity contribution in [2.24, 2.45) is 5.73 Å². The fourth-order valence-corrected chi connectivity index (χ4v) is 2.15. The summed E-state index contributed by atoms with van der Waals surface area (Å²) in [4.78, 5) is 3.97. The summed E-state index contributed by atoms with van der Waals surface area (Å²) in [5.41, 5.74) is 6.42. The van der Waals surface area contributed by atoms with E-state index in [0.29, 0.717) is 85.8 Å². The number of aryl methyl sites for hydroxylation is 1. The Morgan fingerprint density at radius 1 is 0.679 bits per heavy atom. The molecule has 0 saturated heterocycles. The highest BCUT2D eigenvalue weighted by Crippen LogP contribution is 1.99. The second kappa shape index (κ2) is 20.6. The summed E-state index contributed by atoms with van der Waals surface area (Å²) in [7, 11) is 0. The number of ether oxygens (including phenoxy) is 6. The van der Waals surface area contributed by atoms with Crippen LogP contribution in [-0.4, -0.2) is 90.8 Å². The van der Waals surface area contributed by atoms with Crippen LogP contribution in [0.25, 0.3) is 0 Å². The molecule has 8 nitrogen and oxygen atoms in total. The molecule has 0 atom stereocenters. The maximum atomic E-state index is 5.53. The molecule has 0 aliphatic carbocycles. The molecule has 0 bridgehead atoms. The molecule has 0 aliphatic heterocycles. The molecule has 161 valence electrons. The Labute approximate surface area is 168 Å². The number of nitrogens with two attached hydrogens (primary N) is 1. The van der Waals surface area contributed by atoms with Gasteiger partial charge in [-0.05, 0) is 24.5 Å². The number of nitrogens with zero attached hydrogens (tertiary/aromatic N) is 1. The van der Waals surface area contributed by atoms with Gasteiger partial charge < -0.3 is 34.2 Å². The van der Waals surface area contributed by atoms with Crippen LogP contribution < -0.4 is 5.73 Å². The lowest BCUT2D eigenvalue weighted by molar-refractivity contribution is -0.0164. The third-order valence-electron chi connectivity index (χ3n) is 3.52. The smallest absolute Gasteiger partial charge is 0.0920 e. The van der Waals surface area contributed by atoms with E-state index >= 15 is 0 Å². The highest BCUT2D eigenvalue weighted by atomic mass is 16.6. The van der Waals surface area contributed by atoms with Gasteiger partial charge in [-0.3, -0.25) is 4.98 Å². The van der Waals surface area contributed by atoms with Gasteiger partial charge in [-0.1, -0.05) is 6.07 Å². The first-order valence-electron chi connectivity index (χ1n) is 9.91. The van der Waals surface area contributed by atoms with E-state index in [9.17, 15) is 0 Å². The third kappa shape index (κ3) is 17.0. The molecule has 0 aliphatic rings. The molecule has 0 fully saturated rings. The van der Waals surface area contributed by atoms with Crippen molar-refractivity contribution in [3.63, 3.8) is 0 Å². The van der Waals surface area contributed by atoms with Gasteiger partial charge in [0.2, 0.25) is 0 Å². The summed E-state index contributed by atoms with van der Waals surface area (Å²) in [5.74, 6) is 0. The van der Waals surface area contributed by atoms with Crippen LogP contribution in [0.3, 0.4) is 0 Å². The van der Waals surface area contributed by atoms with Gasteiger partial charge >= 0.3 is 0 Å². The molecule has 2 N–H and O–H groups in total. The Balaban J connectivity index is 1.67. The topological polar surface area (TPSA) is 94.3 Å². The van der Waals surface area contributed by atoms with Crippen molar-refractivity contribution in [3.8, 4) is 0 Å². The van der Waals surface area contributed by atoms with Crippen LogP contribution in [0.1, 0.15) is 12.0 Å². The number of hydrogen-bond donors (Lipinski definition) is 1. The van der Waals surface area contributed by atoms with Crippen molar-refractivity contribution < 1.29 is 28.4 Å². The summed E-state index contributed by atoms with van der Waals surface area (Å²) in [5, 5.41) is 0. The van der Waals surface area contributed by atoms with Crippen molar-refractivity contribution in [3.05, 3.63) is 30.1 Å². The highest BCUT2D eigenvalue weighted by molar-refractivity contribution is 5.06. The lowest BCUT2D eigenvalue weighted by Crippen LogP contribution is -2.15. The van der Waals surface area contributed by atoms with Gasteiger partial charge in [0, 0.05) is 19.3 Å². The Morgan fingerprint density at radius 2 is 1.14 bits per heavy atom. The maximum Gasteiger partial charge on any atom is 0.0920 e. The third-order valence-corrected chi connectivity index (χ3v) is 3.52. The van der Waals surface area contributed by atoms with Crippen LogP contribution >= 0.6 is 0 Å². The number of hydrogen-bond acceptors (Lipinski definition) is 8. The van der Waals surface area contributed by atoms with Crippen molar-refractivity contribution in [1.29, 1.82) is 0 Å². The fraction of sp³-hybridized carbons (Fsp3) is 0.750. The quantitative estimate of drug-likeness (QED) is 0.304. The summed E-state index contributed by atoms with van der Waals surface area (Å²) < 4.78 is 32.3. The molecular formula is C20H35N2O6. The average Bonchev–Trinajstić information content (AvgIpc) is 2.73. The second-order valence-corrected chi connectivity index (χ2v) is 5.84. The molecule has 1 aromatic heterocycles.